The third-order valence-corrected chi connectivity index (χ3v) is 3.69. The summed E-state index contributed by atoms with van der Waals surface area (Å²) in [7, 11) is 0. The normalized spacial score (nSPS) is 17.3. The van der Waals surface area contributed by atoms with E-state index < -0.39 is 0 Å². The molecule has 0 heterocycles. The maximum atomic E-state index is 12.6. The largest absolute Gasteiger partial charge is 0.294 e. The van der Waals surface area contributed by atoms with Gasteiger partial charge in [-0.3, -0.25) is 4.79 Å². The number of aryl methyl sites for hydroxylation is 1. The van der Waals surface area contributed by atoms with Gasteiger partial charge in [-0.15, -0.1) is 13.2 Å². The SMILES string of the molecule is C=CCC1(CC=C)CCc2ccccc2C1=O. The summed E-state index contributed by atoms with van der Waals surface area (Å²) < 4.78 is 0. The van der Waals surface area contributed by atoms with E-state index >= 15 is 0 Å². The molecule has 1 heteroatoms. The van der Waals surface area contributed by atoms with Crippen molar-refractivity contribution in [1.29, 1.82) is 0 Å². The van der Waals surface area contributed by atoms with E-state index in [9.17, 15) is 4.79 Å². The Labute approximate surface area is 103 Å². The van der Waals surface area contributed by atoms with Gasteiger partial charge in [-0.1, -0.05) is 36.4 Å². The van der Waals surface area contributed by atoms with Crippen LogP contribution in [0.2, 0.25) is 0 Å². The van der Waals surface area contributed by atoms with Gasteiger partial charge in [0.25, 0.3) is 0 Å². The van der Waals surface area contributed by atoms with Gasteiger partial charge in [0.05, 0.1) is 0 Å². The molecule has 2 rings (SSSR count). The van der Waals surface area contributed by atoms with Crippen LogP contribution in [0.3, 0.4) is 0 Å². The second-order valence-corrected chi connectivity index (χ2v) is 4.75. The van der Waals surface area contributed by atoms with Crippen LogP contribution in [0.5, 0.6) is 0 Å². The van der Waals surface area contributed by atoms with E-state index in [1.165, 1.54) is 5.56 Å². The van der Waals surface area contributed by atoms with Gasteiger partial charge in [0.15, 0.2) is 5.78 Å². The number of benzene rings is 1. The molecule has 0 aromatic heterocycles. The first-order valence-electron chi connectivity index (χ1n) is 6.08. The molecule has 0 unspecified atom stereocenters. The van der Waals surface area contributed by atoms with Crippen molar-refractivity contribution in [3.05, 3.63) is 60.7 Å². The fourth-order valence-electron chi connectivity index (χ4n) is 2.76. The lowest BCUT2D eigenvalue weighted by atomic mass is 9.67. The Hall–Kier alpha value is -1.63. The van der Waals surface area contributed by atoms with E-state index in [2.05, 4.69) is 19.2 Å². The summed E-state index contributed by atoms with van der Waals surface area (Å²) in [4.78, 5) is 12.6. The van der Waals surface area contributed by atoms with Crippen molar-refractivity contribution in [3.63, 3.8) is 0 Å². The summed E-state index contributed by atoms with van der Waals surface area (Å²) in [6.07, 6.45) is 7.08. The molecule has 0 atom stereocenters. The van der Waals surface area contributed by atoms with E-state index in [0.29, 0.717) is 0 Å². The van der Waals surface area contributed by atoms with Gasteiger partial charge in [-0.2, -0.15) is 0 Å². The molecule has 0 amide bonds. The van der Waals surface area contributed by atoms with Crippen LogP contribution in [0.15, 0.2) is 49.6 Å². The minimum absolute atomic E-state index is 0.263. The summed E-state index contributed by atoms with van der Waals surface area (Å²) in [5.74, 6) is 0.263. The average Bonchev–Trinajstić information content (AvgIpc) is 2.35. The van der Waals surface area contributed by atoms with Gasteiger partial charge in [0, 0.05) is 11.0 Å². The number of hydrogen-bond acceptors (Lipinski definition) is 1. The van der Waals surface area contributed by atoms with Gasteiger partial charge in [0.1, 0.15) is 0 Å². The lowest BCUT2D eigenvalue weighted by Gasteiger charge is -2.35. The highest BCUT2D eigenvalue weighted by atomic mass is 16.1. The number of hydrogen-bond donors (Lipinski definition) is 0. The van der Waals surface area contributed by atoms with Gasteiger partial charge in [0.2, 0.25) is 0 Å². The molecule has 1 aliphatic carbocycles. The zero-order valence-corrected chi connectivity index (χ0v) is 10.1. The van der Waals surface area contributed by atoms with Gasteiger partial charge in [-0.05, 0) is 31.2 Å². The van der Waals surface area contributed by atoms with Gasteiger partial charge in [-0.25, -0.2) is 0 Å². The first kappa shape index (κ1) is 11.8. The fourth-order valence-corrected chi connectivity index (χ4v) is 2.76. The molecule has 1 aliphatic rings. The average molecular weight is 226 g/mol. The first-order chi connectivity index (χ1) is 8.23. The van der Waals surface area contributed by atoms with Crippen LogP contribution in [0.4, 0.5) is 0 Å². The van der Waals surface area contributed by atoms with Crippen molar-refractivity contribution >= 4 is 5.78 Å². The highest BCUT2D eigenvalue weighted by Gasteiger charge is 2.40. The molecule has 0 fully saturated rings. The highest BCUT2D eigenvalue weighted by molar-refractivity contribution is 6.03. The number of rotatable bonds is 4. The summed E-state index contributed by atoms with van der Waals surface area (Å²) in [6, 6.07) is 7.94. The molecule has 0 N–H and O–H groups in total. The van der Waals surface area contributed by atoms with Gasteiger partial charge >= 0.3 is 0 Å². The third-order valence-electron chi connectivity index (χ3n) is 3.69. The van der Waals surface area contributed by atoms with Crippen LogP contribution < -0.4 is 0 Å². The van der Waals surface area contributed by atoms with Crippen molar-refractivity contribution in [2.45, 2.75) is 25.7 Å². The molecule has 17 heavy (non-hydrogen) atoms. The lowest BCUT2D eigenvalue weighted by Crippen LogP contribution is -2.35. The molecular weight excluding hydrogens is 208 g/mol. The zero-order chi connectivity index (χ0) is 12.3. The molecule has 0 bridgehead atoms. The Kier molecular flexibility index (Phi) is 3.28. The number of fused-ring (bicyclic) bond motifs is 1. The molecular formula is C16H18O. The molecule has 0 aliphatic heterocycles. The number of ketones is 1. The Morgan fingerprint density at radius 1 is 1.18 bits per heavy atom. The van der Waals surface area contributed by atoms with Crippen LogP contribution in [-0.2, 0) is 6.42 Å². The van der Waals surface area contributed by atoms with Crippen molar-refractivity contribution in [3.8, 4) is 0 Å². The predicted octanol–water partition coefficient (Wildman–Crippen LogP) is 3.95. The monoisotopic (exact) mass is 226 g/mol. The predicted molar refractivity (Wildman–Crippen MR) is 71.2 cm³/mol. The summed E-state index contributed by atoms with van der Waals surface area (Å²) in [6.45, 7) is 7.57. The van der Waals surface area contributed by atoms with Crippen molar-refractivity contribution in [2.24, 2.45) is 5.41 Å². The van der Waals surface area contributed by atoms with Crippen LogP contribution in [0.25, 0.3) is 0 Å². The number of carbonyl (C=O) groups excluding carboxylic acids is 1. The standard InChI is InChI=1S/C16H18O/c1-3-10-16(11-4-2)12-9-13-7-5-6-8-14(13)15(16)17/h3-8H,1-2,9-12H2. The van der Waals surface area contributed by atoms with Crippen LogP contribution in [0.1, 0.15) is 35.2 Å². The lowest BCUT2D eigenvalue weighted by molar-refractivity contribution is 0.0763. The number of carbonyl (C=O) groups is 1. The maximum Gasteiger partial charge on any atom is 0.169 e. The molecule has 0 spiro atoms. The Morgan fingerprint density at radius 2 is 1.82 bits per heavy atom. The minimum Gasteiger partial charge on any atom is -0.294 e. The highest BCUT2D eigenvalue weighted by Crippen LogP contribution is 2.41. The molecule has 0 saturated carbocycles. The van der Waals surface area contributed by atoms with Crippen molar-refractivity contribution in [1.82, 2.24) is 0 Å². The van der Waals surface area contributed by atoms with Crippen molar-refractivity contribution in [2.75, 3.05) is 0 Å². The molecule has 0 radical (unpaired) electrons. The smallest absolute Gasteiger partial charge is 0.169 e. The maximum absolute atomic E-state index is 12.6. The summed E-state index contributed by atoms with van der Waals surface area (Å²) in [5, 5.41) is 0. The Morgan fingerprint density at radius 3 is 2.47 bits per heavy atom. The van der Waals surface area contributed by atoms with E-state index in [1.807, 2.05) is 30.4 Å². The Balaban J connectivity index is 2.43. The fraction of sp³-hybridized carbons (Fsp3) is 0.312. The molecule has 1 nitrogen and oxygen atoms in total. The molecule has 1 aromatic rings. The van der Waals surface area contributed by atoms with Crippen LogP contribution in [-0.4, -0.2) is 5.78 Å². The molecule has 88 valence electrons. The first-order valence-corrected chi connectivity index (χ1v) is 6.08. The summed E-state index contributed by atoms with van der Waals surface area (Å²) >= 11 is 0. The third kappa shape index (κ3) is 1.97. The van der Waals surface area contributed by atoms with E-state index in [1.54, 1.807) is 0 Å². The van der Waals surface area contributed by atoms with Crippen LogP contribution in [0, 0.1) is 5.41 Å². The van der Waals surface area contributed by atoms with Gasteiger partial charge < -0.3 is 0 Å². The second kappa shape index (κ2) is 4.70. The quantitative estimate of drug-likeness (QED) is 0.710. The van der Waals surface area contributed by atoms with E-state index in [4.69, 9.17) is 0 Å². The van der Waals surface area contributed by atoms with E-state index in [0.717, 1.165) is 31.2 Å². The van der Waals surface area contributed by atoms with E-state index in [-0.39, 0.29) is 11.2 Å². The topological polar surface area (TPSA) is 17.1 Å². The van der Waals surface area contributed by atoms with Crippen LogP contribution >= 0.6 is 0 Å². The summed E-state index contributed by atoms with van der Waals surface area (Å²) in [5.41, 5.74) is 1.78. The molecule has 0 saturated heterocycles. The van der Waals surface area contributed by atoms with Crippen molar-refractivity contribution < 1.29 is 4.79 Å². The number of Topliss-reactive ketones (excluding diaryl/α,β-unsaturated/α-hetero) is 1. The second-order valence-electron chi connectivity index (χ2n) is 4.75. The zero-order valence-electron chi connectivity index (χ0n) is 10.1. The number of allylic oxidation sites excluding steroid dienone is 2. The molecule has 1 aromatic carbocycles. The Bertz CT molecular complexity index is 446. The minimum atomic E-state index is -0.294.